The molecular weight excluding hydrogens is 635 g/mol. The molecule has 0 aliphatic rings. The van der Waals surface area contributed by atoms with Crippen LogP contribution in [0.25, 0.3) is 0 Å². The molecule has 0 aliphatic carbocycles. The van der Waals surface area contributed by atoms with Crippen molar-refractivity contribution >= 4 is 43.5 Å². The van der Waals surface area contributed by atoms with Gasteiger partial charge in [-0.3, -0.25) is 13.9 Å². The normalized spacial score (nSPS) is 12.9. The minimum absolute atomic E-state index is 0.0497. The Labute approximate surface area is 252 Å². The molecule has 12 heteroatoms. The van der Waals surface area contributed by atoms with Crippen LogP contribution < -0.4 is 9.62 Å². The Hall–Kier alpha value is -3.38. The monoisotopic (exact) mass is 667 g/mol. The number of rotatable bonds is 9. The molecule has 3 aromatic carbocycles. The number of sulfonamides is 1. The summed E-state index contributed by atoms with van der Waals surface area (Å²) in [6.07, 6.45) is -4.74. The van der Waals surface area contributed by atoms with Gasteiger partial charge in [0.2, 0.25) is 11.8 Å². The van der Waals surface area contributed by atoms with Gasteiger partial charge in [-0.05, 0) is 82.6 Å². The summed E-state index contributed by atoms with van der Waals surface area (Å²) in [6, 6.07) is 15.5. The predicted octanol–water partition coefficient (Wildman–Crippen LogP) is 6.30. The molecule has 0 aromatic heterocycles. The maximum atomic E-state index is 13.9. The standard InChI is InChI=1S/C30H33BrF3N3O4S/c1-20-9-15-26(16-10-20)42(40,41)37(25-8-6-7-23(17-25)30(32,33)34)19-27(38)36(18-22-11-13-24(31)14-12-22)21(2)28(39)35-29(3,4)5/h6-17,21H,18-19H2,1-5H3,(H,35,39)/t21-/m0/s1. The van der Waals surface area contributed by atoms with Crippen LogP contribution in [0.2, 0.25) is 0 Å². The number of nitrogens with zero attached hydrogens (tertiary/aromatic N) is 2. The number of nitrogens with one attached hydrogen (secondary N) is 1. The second-order valence-electron chi connectivity index (χ2n) is 10.9. The number of benzene rings is 3. The van der Waals surface area contributed by atoms with Crippen LogP contribution in [0.5, 0.6) is 0 Å². The zero-order chi connectivity index (χ0) is 31.5. The molecule has 2 amide bonds. The van der Waals surface area contributed by atoms with Crippen LogP contribution in [-0.2, 0) is 32.3 Å². The van der Waals surface area contributed by atoms with Gasteiger partial charge in [0, 0.05) is 16.6 Å². The molecular formula is C30H33BrF3N3O4S. The average Bonchev–Trinajstić information content (AvgIpc) is 2.89. The number of halogens is 4. The molecule has 42 heavy (non-hydrogen) atoms. The van der Waals surface area contributed by atoms with Crippen LogP contribution >= 0.6 is 15.9 Å². The second kappa shape index (κ2) is 12.9. The van der Waals surface area contributed by atoms with Gasteiger partial charge in [-0.1, -0.05) is 51.8 Å². The maximum absolute atomic E-state index is 13.9. The van der Waals surface area contributed by atoms with Crippen molar-refractivity contribution < 1.29 is 31.2 Å². The Balaban J connectivity index is 2.10. The smallest absolute Gasteiger partial charge is 0.350 e. The zero-order valence-electron chi connectivity index (χ0n) is 23.9. The molecule has 0 bridgehead atoms. The van der Waals surface area contributed by atoms with Crippen molar-refractivity contribution in [1.29, 1.82) is 0 Å². The largest absolute Gasteiger partial charge is 0.416 e. The van der Waals surface area contributed by atoms with Gasteiger partial charge in [0.15, 0.2) is 0 Å². The van der Waals surface area contributed by atoms with Gasteiger partial charge in [-0.2, -0.15) is 13.2 Å². The van der Waals surface area contributed by atoms with E-state index in [-0.39, 0.29) is 17.1 Å². The van der Waals surface area contributed by atoms with E-state index in [4.69, 9.17) is 0 Å². The molecule has 0 saturated carbocycles. The van der Waals surface area contributed by atoms with Crippen molar-refractivity contribution in [2.24, 2.45) is 0 Å². The van der Waals surface area contributed by atoms with E-state index in [9.17, 15) is 31.2 Å². The third kappa shape index (κ3) is 8.57. The van der Waals surface area contributed by atoms with Crippen molar-refractivity contribution in [3.05, 3.63) is 94.0 Å². The van der Waals surface area contributed by atoms with Gasteiger partial charge in [0.05, 0.1) is 16.1 Å². The van der Waals surface area contributed by atoms with Crippen LogP contribution in [0.1, 0.15) is 44.4 Å². The molecule has 3 aromatic rings. The van der Waals surface area contributed by atoms with Crippen LogP contribution in [0.4, 0.5) is 18.9 Å². The van der Waals surface area contributed by atoms with Gasteiger partial charge in [0.25, 0.3) is 10.0 Å². The van der Waals surface area contributed by atoms with E-state index in [0.717, 1.165) is 22.2 Å². The van der Waals surface area contributed by atoms with E-state index in [0.29, 0.717) is 15.9 Å². The SMILES string of the molecule is Cc1ccc(S(=O)(=O)N(CC(=O)N(Cc2ccc(Br)cc2)[C@@H](C)C(=O)NC(C)(C)C)c2cccc(C(F)(F)F)c2)cc1. The first-order valence-electron chi connectivity index (χ1n) is 13.0. The van der Waals surface area contributed by atoms with E-state index >= 15 is 0 Å². The Morgan fingerprint density at radius 1 is 0.952 bits per heavy atom. The summed E-state index contributed by atoms with van der Waals surface area (Å²) < 4.78 is 69.9. The molecule has 0 radical (unpaired) electrons. The summed E-state index contributed by atoms with van der Waals surface area (Å²) in [4.78, 5) is 28.1. The molecule has 0 heterocycles. The lowest BCUT2D eigenvalue weighted by Gasteiger charge is -2.33. The number of anilines is 1. The third-order valence-electron chi connectivity index (χ3n) is 6.28. The van der Waals surface area contributed by atoms with Crippen LogP contribution in [-0.4, -0.2) is 43.3 Å². The summed E-state index contributed by atoms with van der Waals surface area (Å²) >= 11 is 3.35. The van der Waals surface area contributed by atoms with Crippen molar-refractivity contribution in [2.45, 2.75) is 63.8 Å². The van der Waals surface area contributed by atoms with Crippen LogP contribution in [0.15, 0.2) is 82.2 Å². The zero-order valence-corrected chi connectivity index (χ0v) is 26.3. The third-order valence-corrected chi connectivity index (χ3v) is 8.60. The van der Waals surface area contributed by atoms with E-state index < -0.39 is 51.7 Å². The number of carbonyl (C=O) groups excluding carboxylic acids is 2. The van der Waals surface area contributed by atoms with Gasteiger partial charge >= 0.3 is 6.18 Å². The first-order chi connectivity index (χ1) is 19.4. The number of aryl methyl sites for hydroxylation is 1. The van der Waals surface area contributed by atoms with Crippen molar-refractivity contribution in [3.8, 4) is 0 Å². The van der Waals surface area contributed by atoms with E-state index in [2.05, 4.69) is 21.2 Å². The topological polar surface area (TPSA) is 86.8 Å². The van der Waals surface area contributed by atoms with Crippen molar-refractivity contribution in [1.82, 2.24) is 10.2 Å². The Morgan fingerprint density at radius 2 is 1.55 bits per heavy atom. The lowest BCUT2D eigenvalue weighted by molar-refractivity contribution is -0.140. The maximum Gasteiger partial charge on any atom is 0.416 e. The first-order valence-corrected chi connectivity index (χ1v) is 15.2. The predicted molar refractivity (Wildman–Crippen MR) is 159 cm³/mol. The van der Waals surface area contributed by atoms with Gasteiger partial charge in [-0.25, -0.2) is 8.42 Å². The van der Waals surface area contributed by atoms with Crippen molar-refractivity contribution in [3.63, 3.8) is 0 Å². The van der Waals surface area contributed by atoms with Crippen LogP contribution in [0.3, 0.4) is 0 Å². The number of carbonyl (C=O) groups is 2. The second-order valence-corrected chi connectivity index (χ2v) is 13.7. The highest BCUT2D eigenvalue weighted by molar-refractivity contribution is 9.10. The molecule has 0 fully saturated rings. The minimum atomic E-state index is -4.74. The first kappa shape index (κ1) is 33.1. The molecule has 0 saturated heterocycles. The summed E-state index contributed by atoms with van der Waals surface area (Å²) in [5.41, 5.74) is -0.587. The van der Waals surface area contributed by atoms with Gasteiger partial charge in [0.1, 0.15) is 12.6 Å². The highest BCUT2D eigenvalue weighted by Gasteiger charge is 2.35. The summed E-state index contributed by atoms with van der Waals surface area (Å²) in [5.74, 6) is -1.25. The van der Waals surface area contributed by atoms with E-state index in [1.54, 1.807) is 64.1 Å². The Kier molecular flexibility index (Phi) is 10.1. The number of hydrogen-bond donors (Lipinski definition) is 1. The Morgan fingerprint density at radius 3 is 2.10 bits per heavy atom. The fourth-order valence-electron chi connectivity index (χ4n) is 4.05. The number of hydrogen-bond acceptors (Lipinski definition) is 4. The quantitative estimate of drug-likeness (QED) is 0.290. The fraction of sp³-hybridized carbons (Fsp3) is 0.333. The fourth-order valence-corrected chi connectivity index (χ4v) is 5.72. The summed E-state index contributed by atoms with van der Waals surface area (Å²) in [5, 5.41) is 2.82. The molecule has 226 valence electrons. The lowest BCUT2D eigenvalue weighted by Crippen LogP contribution is -2.54. The molecule has 1 N–H and O–H groups in total. The molecule has 0 aliphatic heterocycles. The highest BCUT2D eigenvalue weighted by atomic mass is 79.9. The molecule has 3 rings (SSSR count). The molecule has 1 atom stereocenters. The lowest BCUT2D eigenvalue weighted by atomic mass is 10.1. The molecule has 7 nitrogen and oxygen atoms in total. The number of alkyl halides is 3. The minimum Gasteiger partial charge on any atom is -0.350 e. The number of amides is 2. The highest BCUT2D eigenvalue weighted by Crippen LogP contribution is 2.33. The van der Waals surface area contributed by atoms with Crippen LogP contribution in [0, 0.1) is 6.92 Å². The summed E-state index contributed by atoms with van der Waals surface area (Å²) in [6.45, 7) is 7.72. The van der Waals surface area contributed by atoms with Crippen molar-refractivity contribution in [2.75, 3.05) is 10.8 Å². The average molecular weight is 669 g/mol. The Bertz CT molecular complexity index is 1520. The van der Waals surface area contributed by atoms with E-state index in [1.807, 2.05) is 0 Å². The summed E-state index contributed by atoms with van der Waals surface area (Å²) in [7, 11) is -4.50. The van der Waals surface area contributed by atoms with E-state index in [1.165, 1.54) is 30.0 Å². The molecule has 0 unspecified atom stereocenters. The van der Waals surface area contributed by atoms with Gasteiger partial charge in [-0.15, -0.1) is 0 Å². The van der Waals surface area contributed by atoms with Gasteiger partial charge < -0.3 is 10.2 Å². The molecule has 0 spiro atoms.